The van der Waals surface area contributed by atoms with Crippen LogP contribution in [0, 0.1) is 6.92 Å². The largest absolute Gasteiger partial charge is 0.497 e. The quantitative estimate of drug-likeness (QED) is 0.733. The van der Waals surface area contributed by atoms with Gasteiger partial charge in [0.2, 0.25) is 5.89 Å². The van der Waals surface area contributed by atoms with Gasteiger partial charge in [-0.05, 0) is 25.3 Å². The Morgan fingerprint density at radius 1 is 1.42 bits per heavy atom. The number of aryl methyl sites for hydroxylation is 1. The first-order chi connectivity index (χ1) is 11.6. The number of rotatable bonds is 6. The number of fused-ring (bicyclic) bond motifs is 1. The fourth-order valence-electron chi connectivity index (χ4n) is 2.34. The van der Waals surface area contributed by atoms with Gasteiger partial charge >= 0.3 is 0 Å². The molecule has 1 N–H and O–H groups in total. The molecule has 0 radical (unpaired) electrons. The van der Waals surface area contributed by atoms with Crippen molar-refractivity contribution in [3.63, 3.8) is 0 Å². The summed E-state index contributed by atoms with van der Waals surface area (Å²) in [5.74, 6) is 2.26. The van der Waals surface area contributed by atoms with Crippen molar-refractivity contribution >= 4 is 28.6 Å². The molecule has 7 nitrogen and oxygen atoms in total. The monoisotopic (exact) mass is 347 g/mol. The molecule has 0 spiro atoms. The van der Waals surface area contributed by atoms with Gasteiger partial charge in [-0.3, -0.25) is 4.79 Å². The number of methoxy groups -OCH3 is 1. The molecule has 0 saturated heterocycles. The Balaban J connectivity index is 1.74. The van der Waals surface area contributed by atoms with E-state index < -0.39 is 0 Å². The summed E-state index contributed by atoms with van der Waals surface area (Å²) in [6.45, 7) is 2.00. The van der Waals surface area contributed by atoms with Crippen LogP contribution in [0.5, 0.6) is 5.75 Å². The lowest BCUT2D eigenvalue weighted by Crippen LogP contribution is -2.23. The number of carbonyl (C=O) groups excluding carboxylic acids is 1. The Morgan fingerprint density at radius 3 is 3.00 bits per heavy atom. The summed E-state index contributed by atoms with van der Waals surface area (Å²) in [7, 11) is 1.58. The van der Waals surface area contributed by atoms with Crippen LogP contribution in [0.4, 0.5) is 0 Å². The van der Waals surface area contributed by atoms with Crippen molar-refractivity contribution in [2.45, 2.75) is 19.2 Å². The maximum absolute atomic E-state index is 12.4. The van der Waals surface area contributed by atoms with E-state index in [2.05, 4.69) is 15.5 Å². The third-order valence-electron chi connectivity index (χ3n) is 3.54. The van der Waals surface area contributed by atoms with Crippen LogP contribution < -0.4 is 10.1 Å². The van der Waals surface area contributed by atoms with E-state index in [1.165, 1.54) is 0 Å². The molecule has 2 heterocycles. The summed E-state index contributed by atoms with van der Waals surface area (Å²) >= 11 is 1.60. The molecule has 0 aliphatic carbocycles. The van der Waals surface area contributed by atoms with Gasteiger partial charge in [0, 0.05) is 17.0 Å². The molecule has 1 amide bonds. The number of aromatic nitrogens is 2. The van der Waals surface area contributed by atoms with Crippen molar-refractivity contribution in [2.24, 2.45) is 0 Å². The van der Waals surface area contributed by atoms with Crippen LogP contribution in [0.2, 0.25) is 0 Å². The van der Waals surface area contributed by atoms with Gasteiger partial charge < -0.3 is 19.0 Å². The molecule has 0 aliphatic rings. The Kier molecular flexibility index (Phi) is 4.75. The Labute approximate surface area is 142 Å². The molecule has 0 saturated carbocycles. The standard InChI is InChI=1S/C16H17N3O4S/c1-9-11-5-4-10(21-2)6-12(11)22-15(9)16(20)17-7-14-18-13(8-24-3)19-23-14/h4-6H,7-8H2,1-3H3,(H,17,20). The Morgan fingerprint density at radius 2 is 2.25 bits per heavy atom. The highest BCUT2D eigenvalue weighted by molar-refractivity contribution is 7.97. The number of ether oxygens (including phenoxy) is 1. The molecule has 1 aromatic carbocycles. The number of nitrogens with zero attached hydrogens (tertiary/aromatic N) is 2. The number of hydrogen-bond acceptors (Lipinski definition) is 7. The SMILES string of the molecule is COc1ccc2c(C)c(C(=O)NCc3nc(CSC)no3)oc2c1. The van der Waals surface area contributed by atoms with E-state index in [0.29, 0.717) is 28.8 Å². The van der Waals surface area contributed by atoms with Gasteiger partial charge in [0.05, 0.1) is 19.4 Å². The second-order valence-electron chi connectivity index (χ2n) is 5.14. The van der Waals surface area contributed by atoms with E-state index in [1.54, 1.807) is 24.9 Å². The summed E-state index contributed by atoms with van der Waals surface area (Å²) < 4.78 is 15.9. The maximum Gasteiger partial charge on any atom is 0.287 e. The van der Waals surface area contributed by atoms with E-state index in [1.807, 2.05) is 25.3 Å². The van der Waals surface area contributed by atoms with Crippen LogP contribution in [-0.4, -0.2) is 29.4 Å². The molecule has 3 rings (SSSR count). The highest BCUT2D eigenvalue weighted by Crippen LogP contribution is 2.28. The average Bonchev–Trinajstić information content (AvgIpc) is 3.17. The normalized spacial score (nSPS) is 11.0. The molecular formula is C16H17N3O4S. The maximum atomic E-state index is 12.4. The molecule has 0 atom stereocenters. The van der Waals surface area contributed by atoms with E-state index in [9.17, 15) is 4.79 Å². The van der Waals surface area contributed by atoms with Gasteiger partial charge in [0.1, 0.15) is 11.3 Å². The van der Waals surface area contributed by atoms with Crippen molar-refractivity contribution in [2.75, 3.05) is 13.4 Å². The van der Waals surface area contributed by atoms with Crippen LogP contribution in [0.15, 0.2) is 27.1 Å². The zero-order chi connectivity index (χ0) is 17.1. The minimum Gasteiger partial charge on any atom is -0.497 e. The first-order valence-corrected chi connectivity index (χ1v) is 8.67. The Hall–Kier alpha value is -2.48. The van der Waals surface area contributed by atoms with Crippen LogP contribution in [0.3, 0.4) is 0 Å². The van der Waals surface area contributed by atoms with Crippen molar-refractivity contribution in [3.05, 3.63) is 41.2 Å². The second kappa shape index (κ2) is 6.96. The van der Waals surface area contributed by atoms with Gasteiger partial charge in [-0.15, -0.1) is 0 Å². The second-order valence-corrected chi connectivity index (χ2v) is 6.00. The van der Waals surface area contributed by atoms with Crippen molar-refractivity contribution in [1.29, 1.82) is 0 Å². The fraction of sp³-hybridized carbons (Fsp3) is 0.312. The molecule has 24 heavy (non-hydrogen) atoms. The number of hydrogen-bond donors (Lipinski definition) is 1. The highest BCUT2D eigenvalue weighted by Gasteiger charge is 2.18. The van der Waals surface area contributed by atoms with E-state index >= 15 is 0 Å². The number of thioether (sulfide) groups is 1. The Bertz CT molecular complexity index is 871. The number of furan rings is 1. The number of carbonyl (C=O) groups is 1. The molecule has 0 fully saturated rings. The van der Waals surface area contributed by atoms with Crippen LogP contribution in [-0.2, 0) is 12.3 Å². The van der Waals surface area contributed by atoms with Crippen molar-refractivity contribution < 1.29 is 18.5 Å². The van der Waals surface area contributed by atoms with E-state index in [4.69, 9.17) is 13.7 Å². The van der Waals surface area contributed by atoms with Gasteiger partial charge in [-0.25, -0.2) is 0 Å². The molecule has 0 unspecified atom stereocenters. The van der Waals surface area contributed by atoms with Crippen LogP contribution >= 0.6 is 11.8 Å². The zero-order valence-corrected chi connectivity index (χ0v) is 14.4. The first kappa shape index (κ1) is 16.4. The van der Waals surface area contributed by atoms with Gasteiger partial charge in [-0.2, -0.15) is 16.7 Å². The minimum atomic E-state index is -0.327. The summed E-state index contributed by atoms with van der Waals surface area (Å²) in [6, 6.07) is 5.46. The molecule has 0 aliphatic heterocycles. The first-order valence-electron chi connectivity index (χ1n) is 7.28. The third kappa shape index (κ3) is 3.23. The lowest BCUT2D eigenvalue weighted by molar-refractivity contribution is 0.0919. The van der Waals surface area contributed by atoms with Crippen LogP contribution in [0.25, 0.3) is 11.0 Å². The number of nitrogens with one attached hydrogen (secondary N) is 1. The minimum absolute atomic E-state index is 0.153. The van der Waals surface area contributed by atoms with Crippen LogP contribution in [0.1, 0.15) is 27.8 Å². The smallest absolute Gasteiger partial charge is 0.287 e. The summed E-state index contributed by atoms with van der Waals surface area (Å²) in [6.07, 6.45) is 1.96. The predicted molar refractivity (Wildman–Crippen MR) is 90.2 cm³/mol. The molecule has 0 bridgehead atoms. The highest BCUT2D eigenvalue weighted by atomic mass is 32.2. The lowest BCUT2D eigenvalue weighted by Gasteiger charge is -1.99. The zero-order valence-electron chi connectivity index (χ0n) is 13.6. The molecule has 126 valence electrons. The molecule has 8 heteroatoms. The van der Waals surface area contributed by atoms with Gasteiger partial charge in [0.25, 0.3) is 5.91 Å². The molecule has 2 aromatic heterocycles. The van der Waals surface area contributed by atoms with Gasteiger partial charge in [0.15, 0.2) is 11.6 Å². The third-order valence-corrected chi connectivity index (χ3v) is 4.08. The molecule has 3 aromatic rings. The van der Waals surface area contributed by atoms with E-state index in [-0.39, 0.29) is 18.2 Å². The lowest BCUT2D eigenvalue weighted by atomic mass is 10.1. The fourth-order valence-corrected chi connectivity index (χ4v) is 2.71. The van der Waals surface area contributed by atoms with Crippen molar-refractivity contribution in [3.8, 4) is 5.75 Å². The topological polar surface area (TPSA) is 90.4 Å². The summed E-state index contributed by atoms with van der Waals surface area (Å²) in [5, 5.41) is 7.44. The molecular weight excluding hydrogens is 330 g/mol. The summed E-state index contributed by atoms with van der Waals surface area (Å²) in [4.78, 5) is 16.6. The number of amides is 1. The average molecular weight is 347 g/mol. The predicted octanol–water partition coefficient (Wildman–Crippen LogP) is 2.93. The van der Waals surface area contributed by atoms with E-state index in [0.717, 1.165) is 10.9 Å². The van der Waals surface area contributed by atoms with Gasteiger partial charge in [-0.1, -0.05) is 5.16 Å². The summed E-state index contributed by atoms with van der Waals surface area (Å²) in [5.41, 5.74) is 1.39. The number of benzene rings is 1. The van der Waals surface area contributed by atoms with Crippen molar-refractivity contribution in [1.82, 2.24) is 15.5 Å².